The molecule has 1 unspecified atom stereocenters. The summed E-state index contributed by atoms with van der Waals surface area (Å²) in [7, 11) is 0. The van der Waals surface area contributed by atoms with Crippen LogP contribution in [0.15, 0.2) is 54.7 Å². The van der Waals surface area contributed by atoms with Crippen molar-refractivity contribution in [3.63, 3.8) is 0 Å². The van der Waals surface area contributed by atoms with Crippen molar-refractivity contribution in [3.05, 3.63) is 70.9 Å². The second-order valence-electron chi connectivity index (χ2n) is 8.17. The largest absolute Gasteiger partial charge is 0.366 e. The van der Waals surface area contributed by atoms with E-state index in [1.807, 2.05) is 30.3 Å². The topological polar surface area (TPSA) is 51.3 Å². The second kappa shape index (κ2) is 6.94. The van der Waals surface area contributed by atoms with Crippen molar-refractivity contribution in [1.29, 1.82) is 0 Å². The molecule has 4 nitrogen and oxygen atoms in total. The summed E-state index contributed by atoms with van der Waals surface area (Å²) >= 11 is 6.03. The van der Waals surface area contributed by atoms with Crippen molar-refractivity contribution in [2.45, 2.75) is 50.4 Å². The Bertz CT molecular complexity index is 1010. The Labute approximate surface area is 169 Å². The van der Waals surface area contributed by atoms with Crippen molar-refractivity contribution in [3.8, 4) is 0 Å². The molecule has 2 bridgehead atoms. The Morgan fingerprint density at radius 3 is 2.39 bits per heavy atom. The molecule has 28 heavy (non-hydrogen) atoms. The molecule has 0 saturated carbocycles. The lowest BCUT2D eigenvalue weighted by atomic mass is 9.96. The minimum atomic E-state index is -0.368. The third-order valence-electron chi connectivity index (χ3n) is 6.54. The Balaban J connectivity index is 1.38. The van der Waals surface area contributed by atoms with Crippen LogP contribution in [0.4, 0.5) is 0 Å². The van der Waals surface area contributed by atoms with Crippen LogP contribution in [0.2, 0.25) is 5.02 Å². The number of fused-ring (bicyclic) bond motifs is 3. The van der Waals surface area contributed by atoms with Crippen LogP contribution in [0.25, 0.3) is 10.9 Å². The summed E-state index contributed by atoms with van der Waals surface area (Å²) in [5, 5.41) is 1.96. The SMILES string of the molecule is NC(=O)c1ccc2ccn(C3C[C@H]4CC[C@@H](C3)N4Cc3ccc(Cl)cc3)c2c1. The highest BCUT2D eigenvalue weighted by molar-refractivity contribution is 6.30. The fraction of sp³-hybridized carbons (Fsp3) is 0.348. The van der Waals surface area contributed by atoms with Crippen LogP contribution < -0.4 is 5.73 Å². The zero-order chi connectivity index (χ0) is 19.3. The lowest BCUT2D eigenvalue weighted by Gasteiger charge is -2.40. The van der Waals surface area contributed by atoms with Gasteiger partial charge in [0, 0.05) is 47.0 Å². The average molecular weight is 394 g/mol. The van der Waals surface area contributed by atoms with Crippen LogP contribution in [0.5, 0.6) is 0 Å². The van der Waals surface area contributed by atoms with Gasteiger partial charge in [0.1, 0.15) is 0 Å². The predicted molar refractivity (Wildman–Crippen MR) is 113 cm³/mol. The van der Waals surface area contributed by atoms with Gasteiger partial charge in [-0.2, -0.15) is 0 Å². The van der Waals surface area contributed by atoms with E-state index in [4.69, 9.17) is 17.3 Å². The fourth-order valence-corrected chi connectivity index (χ4v) is 5.28. The molecule has 3 heterocycles. The van der Waals surface area contributed by atoms with Crippen molar-refractivity contribution in [2.75, 3.05) is 0 Å². The Morgan fingerprint density at radius 2 is 1.71 bits per heavy atom. The van der Waals surface area contributed by atoms with Gasteiger partial charge in [-0.25, -0.2) is 0 Å². The first kappa shape index (κ1) is 17.8. The maximum atomic E-state index is 11.6. The van der Waals surface area contributed by atoms with Gasteiger partial charge in [-0.3, -0.25) is 9.69 Å². The van der Waals surface area contributed by atoms with E-state index in [1.165, 1.54) is 23.8 Å². The van der Waals surface area contributed by atoms with Crippen LogP contribution in [0, 0.1) is 0 Å². The number of benzene rings is 2. The summed E-state index contributed by atoms with van der Waals surface area (Å²) in [5.41, 5.74) is 8.52. The molecule has 3 aromatic rings. The number of aromatic nitrogens is 1. The third kappa shape index (κ3) is 3.11. The molecular formula is C23H24ClN3O. The minimum absolute atomic E-state index is 0.368. The summed E-state index contributed by atoms with van der Waals surface area (Å²) in [6.45, 7) is 0.997. The maximum absolute atomic E-state index is 11.6. The summed E-state index contributed by atoms with van der Waals surface area (Å²) in [6, 6.07) is 17.8. The number of nitrogens with zero attached hydrogens (tertiary/aromatic N) is 2. The zero-order valence-corrected chi connectivity index (χ0v) is 16.5. The van der Waals surface area contributed by atoms with Crippen LogP contribution in [0.3, 0.4) is 0 Å². The van der Waals surface area contributed by atoms with Gasteiger partial charge in [0.05, 0.1) is 0 Å². The Morgan fingerprint density at radius 1 is 1.00 bits per heavy atom. The molecule has 2 fully saturated rings. The summed E-state index contributed by atoms with van der Waals surface area (Å²) < 4.78 is 2.37. The lowest BCUT2D eigenvalue weighted by Crippen LogP contribution is -2.42. The first-order valence-electron chi connectivity index (χ1n) is 9.99. The molecule has 5 rings (SSSR count). The molecular weight excluding hydrogens is 370 g/mol. The highest BCUT2D eigenvalue weighted by Crippen LogP contribution is 2.42. The molecule has 1 aromatic heterocycles. The number of amides is 1. The molecule has 5 heteroatoms. The van der Waals surface area contributed by atoms with E-state index in [9.17, 15) is 4.79 Å². The smallest absolute Gasteiger partial charge is 0.248 e. The fourth-order valence-electron chi connectivity index (χ4n) is 5.15. The third-order valence-corrected chi connectivity index (χ3v) is 6.79. The summed E-state index contributed by atoms with van der Waals surface area (Å²) in [4.78, 5) is 14.3. The number of nitrogens with two attached hydrogens (primary N) is 1. The molecule has 0 aliphatic carbocycles. The van der Waals surface area contributed by atoms with E-state index >= 15 is 0 Å². The summed E-state index contributed by atoms with van der Waals surface area (Å²) in [6.07, 6.45) is 7.00. The Hall–Kier alpha value is -2.30. The van der Waals surface area contributed by atoms with Crippen molar-refractivity contribution < 1.29 is 4.79 Å². The van der Waals surface area contributed by atoms with Gasteiger partial charge in [-0.1, -0.05) is 29.8 Å². The van der Waals surface area contributed by atoms with Crippen LogP contribution >= 0.6 is 11.6 Å². The monoisotopic (exact) mass is 393 g/mol. The number of hydrogen-bond donors (Lipinski definition) is 1. The first-order valence-corrected chi connectivity index (χ1v) is 10.4. The number of carbonyl (C=O) groups excluding carboxylic acids is 1. The molecule has 2 aliphatic heterocycles. The van der Waals surface area contributed by atoms with Gasteiger partial charge in [0.2, 0.25) is 5.91 Å². The van der Waals surface area contributed by atoms with Gasteiger partial charge in [0.15, 0.2) is 0 Å². The van der Waals surface area contributed by atoms with Crippen molar-refractivity contribution in [2.24, 2.45) is 5.73 Å². The molecule has 0 radical (unpaired) electrons. The molecule has 3 atom stereocenters. The predicted octanol–water partition coefficient (Wildman–Crippen LogP) is 4.76. The highest BCUT2D eigenvalue weighted by atomic mass is 35.5. The standard InChI is InChI=1S/C23H24ClN3O/c24-18-5-1-15(2-6-18)14-27-19-7-8-20(27)13-21(12-19)26-10-9-16-3-4-17(23(25)28)11-22(16)26/h1-6,9-11,19-21H,7-8,12-14H2,(H2,25,28)/t19-,20+,21?. The highest BCUT2D eigenvalue weighted by Gasteiger charge is 2.41. The van der Waals surface area contributed by atoms with Crippen molar-refractivity contribution >= 4 is 28.4 Å². The molecule has 2 aliphatic rings. The van der Waals surface area contributed by atoms with E-state index in [2.05, 4.69) is 33.9 Å². The maximum Gasteiger partial charge on any atom is 0.248 e. The number of halogens is 1. The lowest BCUT2D eigenvalue weighted by molar-refractivity contribution is 0.0997. The van der Waals surface area contributed by atoms with E-state index in [0.717, 1.165) is 29.9 Å². The van der Waals surface area contributed by atoms with Gasteiger partial charge in [-0.05, 0) is 67.0 Å². The van der Waals surface area contributed by atoms with E-state index in [1.54, 1.807) is 0 Å². The number of piperidine rings is 1. The molecule has 2 N–H and O–H groups in total. The molecule has 2 saturated heterocycles. The van der Waals surface area contributed by atoms with E-state index in [0.29, 0.717) is 23.7 Å². The van der Waals surface area contributed by atoms with Gasteiger partial charge in [0.25, 0.3) is 0 Å². The number of hydrogen-bond acceptors (Lipinski definition) is 2. The van der Waals surface area contributed by atoms with Gasteiger partial charge < -0.3 is 10.3 Å². The van der Waals surface area contributed by atoms with Crippen LogP contribution in [-0.4, -0.2) is 27.5 Å². The van der Waals surface area contributed by atoms with Crippen LogP contribution in [-0.2, 0) is 6.54 Å². The molecule has 2 aromatic carbocycles. The van der Waals surface area contributed by atoms with Gasteiger partial charge >= 0.3 is 0 Å². The Kier molecular flexibility index (Phi) is 4.41. The first-order chi connectivity index (χ1) is 13.6. The normalized spacial score (nSPS) is 24.7. The summed E-state index contributed by atoms with van der Waals surface area (Å²) in [5.74, 6) is -0.368. The van der Waals surface area contributed by atoms with Crippen molar-refractivity contribution in [1.82, 2.24) is 9.47 Å². The molecule has 0 spiro atoms. The van der Waals surface area contributed by atoms with Gasteiger partial charge in [-0.15, -0.1) is 0 Å². The van der Waals surface area contributed by atoms with E-state index in [-0.39, 0.29) is 5.91 Å². The second-order valence-corrected chi connectivity index (χ2v) is 8.61. The number of rotatable bonds is 4. The quantitative estimate of drug-likeness (QED) is 0.694. The van der Waals surface area contributed by atoms with Crippen LogP contribution in [0.1, 0.15) is 47.6 Å². The minimum Gasteiger partial charge on any atom is -0.366 e. The molecule has 144 valence electrons. The van der Waals surface area contributed by atoms with E-state index < -0.39 is 0 Å². The zero-order valence-electron chi connectivity index (χ0n) is 15.7. The molecule has 1 amide bonds. The number of carbonyl (C=O) groups is 1. The number of primary amides is 1. The average Bonchev–Trinajstić information content (AvgIpc) is 3.20.